The fraction of sp³-hybridized carbons (Fsp3) is 0.276. The van der Waals surface area contributed by atoms with Gasteiger partial charge in [0.1, 0.15) is 5.75 Å². The van der Waals surface area contributed by atoms with E-state index in [1.54, 1.807) is 7.11 Å². The molecule has 3 aromatic carbocycles. The molecule has 34 heavy (non-hydrogen) atoms. The highest BCUT2D eigenvalue weighted by molar-refractivity contribution is 5.80. The maximum absolute atomic E-state index is 13.3. The Bertz CT molecular complexity index is 1240. The van der Waals surface area contributed by atoms with E-state index >= 15 is 0 Å². The molecule has 0 aromatic heterocycles. The second kappa shape index (κ2) is 9.62. The number of aliphatic hydroxyl groups excluding tert-OH is 1. The molecule has 3 atom stereocenters. The molecule has 172 valence electrons. The molecule has 5 rings (SSSR count). The lowest BCUT2D eigenvalue weighted by atomic mass is 9.82. The largest absolute Gasteiger partial charge is 0.495 e. The second-order valence-electron chi connectivity index (χ2n) is 8.83. The minimum absolute atomic E-state index is 0.0384. The first kappa shape index (κ1) is 22.1. The van der Waals surface area contributed by atoms with Crippen LogP contribution in [0.4, 0.5) is 5.69 Å². The number of ether oxygens (including phenoxy) is 1. The van der Waals surface area contributed by atoms with Gasteiger partial charge in [-0.2, -0.15) is 0 Å². The van der Waals surface area contributed by atoms with Crippen LogP contribution in [0, 0.1) is 17.8 Å². The molecule has 5 heteroatoms. The summed E-state index contributed by atoms with van der Waals surface area (Å²) in [5.74, 6) is 7.51. The molecule has 0 spiro atoms. The van der Waals surface area contributed by atoms with Gasteiger partial charge in [0, 0.05) is 23.7 Å². The van der Waals surface area contributed by atoms with E-state index in [2.05, 4.69) is 23.2 Å². The third-order valence-electron chi connectivity index (χ3n) is 6.84. The fourth-order valence-electron chi connectivity index (χ4n) is 5.18. The van der Waals surface area contributed by atoms with Crippen LogP contribution in [0.3, 0.4) is 0 Å². The van der Waals surface area contributed by atoms with Crippen LogP contribution >= 0.6 is 0 Å². The zero-order valence-electron chi connectivity index (χ0n) is 19.2. The van der Waals surface area contributed by atoms with Gasteiger partial charge in [-0.05, 0) is 47.9 Å². The quantitative estimate of drug-likeness (QED) is 0.587. The molecule has 2 heterocycles. The minimum Gasteiger partial charge on any atom is -0.495 e. The van der Waals surface area contributed by atoms with E-state index in [1.807, 2.05) is 71.6 Å². The van der Waals surface area contributed by atoms with Crippen molar-refractivity contribution in [3.8, 4) is 17.6 Å². The summed E-state index contributed by atoms with van der Waals surface area (Å²) >= 11 is 0. The number of hydrogen-bond donors (Lipinski definition) is 2. The number of amides is 1. The molecule has 0 bridgehead atoms. The Hall–Kier alpha value is -3.75. The molecule has 1 amide bonds. The molecular weight excluding hydrogens is 424 g/mol. The predicted molar refractivity (Wildman–Crippen MR) is 133 cm³/mol. The van der Waals surface area contributed by atoms with Crippen LogP contribution in [-0.4, -0.2) is 42.2 Å². The smallest absolute Gasteiger partial charge is 0.227 e. The molecular formula is C29H28N2O3. The van der Waals surface area contributed by atoms with E-state index in [4.69, 9.17) is 4.74 Å². The van der Waals surface area contributed by atoms with Gasteiger partial charge in [0.15, 0.2) is 0 Å². The lowest BCUT2D eigenvalue weighted by molar-refractivity contribution is -0.131. The predicted octanol–water partition coefficient (Wildman–Crippen LogP) is 4.01. The summed E-state index contributed by atoms with van der Waals surface area (Å²) in [7, 11) is 1.64. The van der Waals surface area contributed by atoms with Crippen molar-refractivity contribution in [1.82, 2.24) is 4.90 Å². The van der Waals surface area contributed by atoms with Crippen molar-refractivity contribution < 1.29 is 14.6 Å². The van der Waals surface area contributed by atoms with Crippen molar-refractivity contribution in [2.45, 2.75) is 24.9 Å². The summed E-state index contributed by atoms with van der Waals surface area (Å²) in [5.41, 5.74) is 4.76. The third kappa shape index (κ3) is 4.25. The summed E-state index contributed by atoms with van der Waals surface area (Å²) in [6, 6.07) is 23.5. The number of carbonyl (C=O) groups is 1. The van der Waals surface area contributed by atoms with Crippen LogP contribution in [-0.2, 0) is 11.2 Å². The molecule has 1 saturated heterocycles. The summed E-state index contributed by atoms with van der Waals surface area (Å²) in [4.78, 5) is 15.3. The maximum Gasteiger partial charge on any atom is 0.227 e. The van der Waals surface area contributed by atoms with Gasteiger partial charge in [-0.1, -0.05) is 54.3 Å². The Kier molecular flexibility index (Phi) is 6.24. The van der Waals surface area contributed by atoms with Gasteiger partial charge < -0.3 is 20.1 Å². The standard InChI is InChI=1S/C29H28N2O3/c1-34-27-10-6-5-9-22(27)13-11-21-12-14-25-24(17-21)29-23(26(19-32)30-25)15-16-31(29)28(33)18-20-7-3-2-4-8-20/h2-10,12,14,17,23,26,29-30,32H,15-16,18-19H2,1H3/t23-,26-,29-/m0/s1. The highest BCUT2D eigenvalue weighted by atomic mass is 16.5. The number of anilines is 1. The molecule has 5 nitrogen and oxygen atoms in total. The number of aliphatic hydroxyl groups is 1. The number of nitrogens with one attached hydrogen (secondary N) is 1. The number of rotatable bonds is 4. The monoisotopic (exact) mass is 452 g/mol. The second-order valence-corrected chi connectivity index (χ2v) is 8.83. The zero-order chi connectivity index (χ0) is 23.5. The number of fused-ring (bicyclic) bond motifs is 3. The van der Waals surface area contributed by atoms with Crippen molar-refractivity contribution in [3.63, 3.8) is 0 Å². The maximum atomic E-state index is 13.3. The first-order valence-electron chi connectivity index (χ1n) is 11.7. The van der Waals surface area contributed by atoms with E-state index in [9.17, 15) is 9.90 Å². The summed E-state index contributed by atoms with van der Waals surface area (Å²) in [5, 5.41) is 13.5. The van der Waals surface area contributed by atoms with Gasteiger partial charge in [-0.15, -0.1) is 0 Å². The van der Waals surface area contributed by atoms with Gasteiger partial charge in [0.05, 0.1) is 37.8 Å². The highest BCUT2D eigenvalue weighted by Gasteiger charge is 2.45. The van der Waals surface area contributed by atoms with Gasteiger partial charge in [-0.25, -0.2) is 0 Å². The van der Waals surface area contributed by atoms with E-state index in [0.717, 1.165) is 40.1 Å². The molecule has 0 unspecified atom stereocenters. The normalized spacial score (nSPS) is 20.4. The van der Waals surface area contributed by atoms with Crippen molar-refractivity contribution in [1.29, 1.82) is 0 Å². The van der Waals surface area contributed by atoms with E-state index in [0.29, 0.717) is 13.0 Å². The van der Waals surface area contributed by atoms with Crippen molar-refractivity contribution in [2.75, 3.05) is 25.6 Å². The van der Waals surface area contributed by atoms with Crippen LogP contribution in [0.1, 0.15) is 34.7 Å². The van der Waals surface area contributed by atoms with Crippen LogP contribution in [0.25, 0.3) is 0 Å². The SMILES string of the molecule is COc1ccccc1C#Cc1ccc2c(c1)[C@@H]1[C@@H](CCN1C(=O)Cc1ccccc1)[C@H](CO)N2. The van der Waals surface area contributed by atoms with Crippen molar-refractivity contribution >= 4 is 11.6 Å². The van der Waals surface area contributed by atoms with Gasteiger partial charge in [-0.3, -0.25) is 4.79 Å². The number of hydrogen-bond acceptors (Lipinski definition) is 4. The molecule has 1 fully saturated rings. The number of para-hydroxylation sites is 1. The average molecular weight is 453 g/mol. The van der Waals surface area contributed by atoms with Crippen LogP contribution in [0.5, 0.6) is 5.75 Å². The molecule has 3 aromatic rings. The Morgan fingerprint density at radius 1 is 1.09 bits per heavy atom. The Morgan fingerprint density at radius 3 is 2.68 bits per heavy atom. The molecule has 0 aliphatic carbocycles. The fourth-order valence-corrected chi connectivity index (χ4v) is 5.18. The summed E-state index contributed by atoms with van der Waals surface area (Å²) < 4.78 is 5.41. The zero-order valence-corrected chi connectivity index (χ0v) is 19.2. The van der Waals surface area contributed by atoms with E-state index in [-0.39, 0.29) is 30.5 Å². The van der Waals surface area contributed by atoms with Gasteiger partial charge in [0.2, 0.25) is 5.91 Å². The minimum atomic E-state index is -0.0717. The molecule has 2 aliphatic heterocycles. The Balaban J connectivity index is 1.47. The number of methoxy groups -OCH3 is 1. The average Bonchev–Trinajstić information content (AvgIpc) is 3.33. The van der Waals surface area contributed by atoms with Crippen LogP contribution in [0.15, 0.2) is 72.8 Å². The molecule has 2 N–H and O–H groups in total. The van der Waals surface area contributed by atoms with E-state index in [1.165, 1.54) is 0 Å². The topological polar surface area (TPSA) is 61.8 Å². The lowest BCUT2D eigenvalue weighted by Gasteiger charge is -2.39. The number of benzene rings is 3. The first-order valence-corrected chi connectivity index (χ1v) is 11.7. The first-order chi connectivity index (χ1) is 16.7. The van der Waals surface area contributed by atoms with Gasteiger partial charge in [0.25, 0.3) is 0 Å². The summed E-state index contributed by atoms with van der Waals surface area (Å²) in [6.07, 6.45) is 1.24. The summed E-state index contributed by atoms with van der Waals surface area (Å²) in [6.45, 7) is 0.729. The molecule has 2 aliphatic rings. The number of likely N-dealkylation sites (tertiary alicyclic amines) is 1. The Labute approximate surface area is 200 Å². The third-order valence-corrected chi connectivity index (χ3v) is 6.84. The molecule has 0 saturated carbocycles. The van der Waals surface area contributed by atoms with Crippen LogP contribution in [0.2, 0.25) is 0 Å². The van der Waals surface area contributed by atoms with Crippen LogP contribution < -0.4 is 10.1 Å². The highest BCUT2D eigenvalue weighted by Crippen LogP contribution is 2.46. The van der Waals surface area contributed by atoms with Crippen molar-refractivity contribution in [2.24, 2.45) is 5.92 Å². The number of carbonyl (C=O) groups excluding carboxylic acids is 1. The van der Waals surface area contributed by atoms with Gasteiger partial charge >= 0.3 is 0 Å². The molecule has 0 radical (unpaired) electrons. The Morgan fingerprint density at radius 2 is 1.88 bits per heavy atom. The number of nitrogens with zero attached hydrogens (tertiary/aromatic N) is 1. The lowest BCUT2D eigenvalue weighted by Crippen LogP contribution is -2.43. The van der Waals surface area contributed by atoms with E-state index < -0.39 is 0 Å². The van der Waals surface area contributed by atoms with Crippen molar-refractivity contribution in [3.05, 3.63) is 95.1 Å².